The van der Waals surface area contributed by atoms with Crippen molar-refractivity contribution < 1.29 is 14.3 Å². The molecular weight excluding hydrogens is 364 g/mol. The highest BCUT2D eigenvalue weighted by atomic mass is 16.6. The lowest BCUT2D eigenvalue weighted by Crippen LogP contribution is -2.40. The highest BCUT2D eigenvalue weighted by Gasteiger charge is 2.33. The predicted octanol–water partition coefficient (Wildman–Crippen LogP) is 5.34. The molecule has 0 radical (unpaired) electrons. The second kappa shape index (κ2) is 7.54. The lowest BCUT2D eigenvalue weighted by atomic mass is 9.99. The second-order valence-corrected chi connectivity index (χ2v) is 8.63. The maximum atomic E-state index is 12.7. The Kier molecular flexibility index (Phi) is 5.07. The smallest absolute Gasteiger partial charge is 0.410 e. The summed E-state index contributed by atoms with van der Waals surface area (Å²) in [7, 11) is 1.70. The van der Waals surface area contributed by atoms with Gasteiger partial charge in [0.05, 0.1) is 18.3 Å². The first-order valence-electron chi connectivity index (χ1n) is 10.2. The van der Waals surface area contributed by atoms with E-state index in [-0.39, 0.29) is 12.1 Å². The van der Waals surface area contributed by atoms with Crippen LogP contribution in [0.1, 0.15) is 39.3 Å². The van der Waals surface area contributed by atoms with E-state index in [1.807, 2.05) is 56.0 Å². The van der Waals surface area contributed by atoms with Crippen molar-refractivity contribution in [3.05, 3.63) is 48.2 Å². The number of ether oxygens (including phenoxy) is 2. The molecule has 1 amide bonds. The molecule has 29 heavy (non-hydrogen) atoms. The van der Waals surface area contributed by atoms with Crippen molar-refractivity contribution in [2.75, 3.05) is 13.7 Å². The zero-order valence-electron chi connectivity index (χ0n) is 17.6. The number of carbonyl (C=O) groups excluding carboxylic acids is 1. The van der Waals surface area contributed by atoms with Crippen molar-refractivity contribution in [3.8, 4) is 5.75 Å². The molecule has 1 aliphatic rings. The third kappa shape index (κ3) is 3.86. The molecule has 1 aliphatic heterocycles. The van der Waals surface area contributed by atoms with Gasteiger partial charge in [0.2, 0.25) is 0 Å². The SMILES string of the molecule is COc1cccc2c(C[C@@H]3CCCN3C(=O)OC(C)(C)C)nc3ccccc3c12. The van der Waals surface area contributed by atoms with Crippen molar-refractivity contribution in [3.63, 3.8) is 0 Å². The largest absolute Gasteiger partial charge is 0.496 e. The van der Waals surface area contributed by atoms with E-state index in [4.69, 9.17) is 14.5 Å². The molecule has 2 aromatic carbocycles. The summed E-state index contributed by atoms with van der Waals surface area (Å²) in [5.74, 6) is 0.845. The van der Waals surface area contributed by atoms with Crippen LogP contribution < -0.4 is 4.74 Å². The Bertz CT molecular complexity index is 1060. The van der Waals surface area contributed by atoms with Crippen molar-refractivity contribution in [1.82, 2.24) is 9.88 Å². The van der Waals surface area contributed by atoms with Crippen LogP contribution >= 0.6 is 0 Å². The number of fused-ring (bicyclic) bond motifs is 3. The van der Waals surface area contributed by atoms with Gasteiger partial charge in [0, 0.05) is 35.2 Å². The number of carbonyl (C=O) groups is 1. The van der Waals surface area contributed by atoms with Crippen LogP contribution in [0, 0.1) is 0 Å². The summed E-state index contributed by atoms with van der Waals surface area (Å²) in [5.41, 5.74) is 1.45. The first kappa shape index (κ1) is 19.5. The van der Waals surface area contributed by atoms with Crippen molar-refractivity contribution in [2.24, 2.45) is 0 Å². The summed E-state index contributed by atoms with van der Waals surface area (Å²) < 4.78 is 11.3. The Hall–Kier alpha value is -2.82. The van der Waals surface area contributed by atoms with Crippen LogP contribution in [-0.2, 0) is 11.2 Å². The van der Waals surface area contributed by atoms with E-state index < -0.39 is 5.60 Å². The number of likely N-dealkylation sites (tertiary alicyclic amines) is 1. The van der Waals surface area contributed by atoms with Crippen molar-refractivity contribution in [1.29, 1.82) is 0 Å². The van der Waals surface area contributed by atoms with Gasteiger partial charge in [-0.05, 0) is 45.7 Å². The van der Waals surface area contributed by atoms with E-state index in [0.29, 0.717) is 6.42 Å². The first-order chi connectivity index (χ1) is 13.9. The van der Waals surface area contributed by atoms with E-state index in [0.717, 1.165) is 52.5 Å². The topological polar surface area (TPSA) is 51.7 Å². The van der Waals surface area contributed by atoms with Gasteiger partial charge in [-0.25, -0.2) is 4.79 Å². The summed E-state index contributed by atoms with van der Waals surface area (Å²) >= 11 is 0. The number of pyridine rings is 1. The molecule has 1 fully saturated rings. The van der Waals surface area contributed by atoms with Gasteiger partial charge >= 0.3 is 6.09 Å². The molecule has 1 saturated heterocycles. The highest BCUT2D eigenvalue weighted by Crippen LogP contribution is 2.35. The number of methoxy groups -OCH3 is 1. The molecule has 0 spiro atoms. The van der Waals surface area contributed by atoms with Crippen LogP contribution in [0.15, 0.2) is 42.5 Å². The molecule has 1 atom stereocenters. The van der Waals surface area contributed by atoms with E-state index >= 15 is 0 Å². The van der Waals surface area contributed by atoms with Gasteiger partial charge in [0.25, 0.3) is 0 Å². The standard InChI is InChI=1S/C24H28N2O3/c1-24(2,3)29-23(27)26-14-8-9-16(26)15-20-18-11-7-13-21(28-4)22(18)17-10-5-6-12-19(17)25-20/h5-7,10-13,16H,8-9,14-15H2,1-4H3/t16-/m0/s1. The average molecular weight is 392 g/mol. The molecule has 0 aliphatic carbocycles. The summed E-state index contributed by atoms with van der Waals surface area (Å²) in [6, 6.07) is 14.3. The van der Waals surface area contributed by atoms with Crippen LogP contribution in [0.5, 0.6) is 5.75 Å². The molecule has 0 N–H and O–H groups in total. The molecule has 0 saturated carbocycles. The van der Waals surface area contributed by atoms with Crippen LogP contribution in [-0.4, -0.2) is 41.3 Å². The molecule has 3 aromatic rings. The molecule has 4 rings (SSSR count). The molecule has 5 nitrogen and oxygen atoms in total. The van der Waals surface area contributed by atoms with Gasteiger partial charge in [0.1, 0.15) is 11.4 Å². The Morgan fingerprint density at radius 3 is 2.66 bits per heavy atom. The summed E-state index contributed by atoms with van der Waals surface area (Å²) in [6.07, 6.45) is 2.41. The van der Waals surface area contributed by atoms with Gasteiger partial charge in [-0.2, -0.15) is 0 Å². The van der Waals surface area contributed by atoms with E-state index in [1.165, 1.54) is 0 Å². The number of aromatic nitrogens is 1. The number of rotatable bonds is 3. The summed E-state index contributed by atoms with van der Waals surface area (Å²) in [4.78, 5) is 19.5. The monoisotopic (exact) mass is 392 g/mol. The Morgan fingerprint density at radius 2 is 1.90 bits per heavy atom. The van der Waals surface area contributed by atoms with Gasteiger partial charge in [-0.15, -0.1) is 0 Å². The molecular formula is C24H28N2O3. The van der Waals surface area contributed by atoms with E-state index in [2.05, 4.69) is 12.1 Å². The predicted molar refractivity (Wildman–Crippen MR) is 115 cm³/mol. The molecule has 0 unspecified atom stereocenters. The summed E-state index contributed by atoms with van der Waals surface area (Å²) in [6.45, 7) is 6.44. The average Bonchev–Trinajstić information content (AvgIpc) is 3.14. The van der Waals surface area contributed by atoms with Gasteiger partial charge in [-0.1, -0.05) is 30.3 Å². The van der Waals surface area contributed by atoms with Gasteiger partial charge < -0.3 is 14.4 Å². The molecule has 0 bridgehead atoms. The van der Waals surface area contributed by atoms with Gasteiger partial charge in [-0.3, -0.25) is 4.98 Å². The molecule has 152 valence electrons. The fourth-order valence-corrected chi connectivity index (χ4v) is 4.20. The van der Waals surface area contributed by atoms with Crippen LogP contribution in [0.2, 0.25) is 0 Å². The molecule has 2 heterocycles. The minimum absolute atomic E-state index is 0.0907. The fraction of sp³-hybridized carbons (Fsp3) is 0.417. The maximum absolute atomic E-state index is 12.7. The van der Waals surface area contributed by atoms with Crippen LogP contribution in [0.3, 0.4) is 0 Å². The minimum Gasteiger partial charge on any atom is -0.496 e. The number of benzene rings is 2. The number of hydrogen-bond acceptors (Lipinski definition) is 4. The van der Waals surface area contributed by atoms with Gasteiger partial charge in [0.15, 0.2) is 0 Å². The first-order valence-corrected chi connectivity index (χ1v) is 10.2. The summed E-state index contributed by atoms with van der Waals surface area (Å²) in [5, 5.41) is 3.25. The lowest BCUT2D eigenvalue weighted by Gasteiger charge is -2.28. The number of para-hydroxylation sites is 1. The quantitative estimate of drug-likeness (QED) is 0.565. The lowest BCUT2D eigenvalue weighted by molar-refractivity contribution is 0.0226. The Morgan fingerprint density at radius 1 is 1.14 bits per heavy atom. The van der Waals surface area contributed by atoms with Crippen molar-refractivity contribution in [2.45, 2.75) is 51.7 Å². The third-order valence-corrected chi connectivity index (χ3v) is 5.42. The third-order valence-electron chi connectivity index (χ3n) is 5.42. The minimum atomic E-state index is -0.495. The highest BCUT2D eigenvalue weighted by molar-refractivity contribution is 6.10. The molecule has 1 aromatic heterocycles. The van der Waals surface area contributed by atoms with E-state index in [1.54, 1.807) is 7.11 Å². The maximum Gasteiger partial charge on any atom is 0.410 e. The Labute approximate surface area is 171 Å². The second-order valence-electron chi connectivity index (χ2n) is 8.63. The Balaban J connectivity index is 1.75. The van der Waals surface area contributed by atoms with Crippen LogP contribution in [0.25, 0.3) is 21.7 Å². The van der Waals surface area contributed by atoms with Crippen molar-refractivity contribution >= 4 is 27.8 Å². The normalized spacial score (nSPS) is 17.1. The zero-order valence-corrected chi connectivity index (χ0v) is 17.6. The number of hydrogen-bond donors (Lipinski definition) is 0. The number of amides is 1. The van der Waals surface area contributed by atoms with Crippen LogP contribution in [0.4, 0.5) is 4.79 Å². The van der Waals surface area contributed by atoms with E-state index in [9.17, 15) is 4.79 Å². The molecule has 5 heteroatoms. The zero-order chi connectivity index (χ0) is 20.6. The number of nitrogens with zero attached hydrogens (tertiary/aromatic N) is 2. The fourth-order valence-electron chi connectivity index (χ4n) is 4.20.